The number of ether oxygens (including phenoxy) is 1. The first-order chi connectivity index (χ1) is 10.4. The van der Waals surface area contributed by atoms with Crippen molar-refractivity contribution in [3.05, 3.63) is 39.4 Å². The van der Waals surface area contributed by atoms with Crippen molar-refractivity contribution < 1.29 is 24.4 Å². The zero-order valence-electron chi connectivity index (χ0n) is 12.6. The van der Waals surface area contributed by atoms with E-state index in [0.29, 0.717) is 12.3 Å². The number of esters is 1. The summed E-state index contributed by atoms with van der Waals surface area (Å²) in [6.45, 7) is 4.16. The number of carboxylic acid groups (broad SMARTS) is 1. The molecule has 7 heteroatoms. The molecule has 0 saturated carbocycles. The molecule has 1 aromatic carbocycles. The molecule has 0 bridgehead atoms. The summed E-state index contributed by atoms with van der Waals surface area (Å²) in [5.41, 5.74) is -1.50. The van der Waals surface area contributed by atoms with E-state index in [9.17, 15) is 19.7 Å². The maximum absolute atomic E-state index is 12.1. The van der Waals surface area contributed by atoms with Gasteiger partial charge < -0.3 is 9.84 Å². The number of carboxylic acids is 1. The number of carbonyl (C=O) groups is 2. The molecule has 0 spiro atoms. The molecule has 120 valence electrons. The number of hydrogen-bond donors (Lipinski definition) is 1. The predicted molar refractivity (Wildman–Crippen MR) is 79.0 cm³/mol. The van der Waals surface area contributed by atoms with Crippen LogP contribution >= 0.6 is 0 Å². The van der Waals surface area contributed by atoms with Crippen LogP contribution in [-0.4, -0.2) is 28.6 Å². The van der Waals surface area contributed by atoms with Gasteiger partial charge in [-0.25, -0.2) is 9.59 Å². The van der Waals surface area contributed by atoms with Crippen molar-refractivity contribution in [3.8, 4) is 0 Å². The van der Waals surface area contributed by atoms with E-state index in [4.69, 9.17) is 9.84 Å². The standard InChI is InChI=1S/C15H19NO6/c1-3-10(4-2)8-9-22-15(19)13-11(14(17)18)6-5-7-12(13)16(20)21/h5-7,10H,3-4,8-9H2,1-2H3,(H,17,18). The SMILES string of the molecule is CCC(CC)CCOC(=O)c1c(C(=O)O)cccc1[N+](=O)[O-]. The molecule has 1 N–H and O–H groups in total. The van der Waals surface area contributed by atoms with Crippen LogP contribution in [0.4, 0.5) is 5.69 Å². The zero-order chi connectivity index (χ0) is 16.7. The Balaban J connectivity index is 2.96. The van der Waals surface area contributed by atoms with Crippen molar-refractivity contribution in [3.63, 3.8) is 0 Å². The highest BCUT2D eigenvalue weighted by Crippen LogP contribution is 2.24. The third-order valence-electron chi connectivity index (χ3n) is 3.59. The fraction of sp³-hybridized carbons (Fsp3) is 0.467. The summed E-state index contributed by atoms with van der Waals surface area (Å²) >= 11 is 0. The molecule has 0 aliphatic heterocycles. The van der Waals surface area contributed by atoms with Crippen molar-refractivity contribution in [2.45, 2.75) is 33.1 Å². The lowest BCUT2D eigenvalue weighted by atomic mass is 10.0. The van der Waals surface area contributed by atoms with Gasteiger partial charge in [0.15, 0.2) is 5.56 Å². The van der Waals surface area contributed by atoms with Gasteiger partial charge in [0.05, 0.1) is 17.1 Å². The molecule has 0 atom stereocenters. The van der Waals surface area contributed by atoms with Gasteiger partial charge >= 0.3 is 11.9 Å². The Morgan fingerprint density at radius 1 is 1.32 bits per heavy atom. The molecule has 0 radical (unpaired) electrons. The van der Waals surface area contributed by atoms with Crippen LogP contribution in [0.2, 0.25) is 0 Å². The molecule has 0 heterocycles. The number of nitrogens with zero attached hydrogens (tertiary/aromatic N) is 1. The van der Waals surface area contributed by atoms with Crippen molar-refractivity contribution in [2.24, 2.45) is 5.92 Å². The highest BCUT2D eigenvalue weighted by Gasteiger charge is 2.28. The minimum Gasteiger partial charge on any atom is -0.478 e. The van der Waals surface area contributed by atoms with Gasteiger partial charge in [-0.2, -0.15) is 0 Å². The molecular formula is C15H19NO6. The third-order valence-corrected chi connectivity index (χ3v) is 3.59. The van der Waals surface area contributed by atoms with Crippen LogP contribution in [0, 0.1) is 16.0 Å². The molecule has 0 unspecified atom stereocenters. The molecule has 0 aromatic heterocycles. The van der Waals surface area contributed by atoms with Gasteiger partial charge in [-0.1, -0.05) is 32.8 Å². The molecule has 1 aromatic rings. The molecule has 0 amide bonds. The first kappa shape index (κ1) is 17.6. The van der Waals surface area contributed by atoms with Crippen molar-refractivity contribution in [2.75, 3.05) is 6.61 Å². The van der Waals surface area contributed by atoms with Gasteiger partial charge in [-0.3, -0.25) is 10.1 Å². The van der Waals surface area contributed by atoms with Crippen LogP contribution < -0.4 is 0 Å². The van der Waals surface area contributed by atoms with Gasteiger partial charge in [0, 0.05) is 6.07 Å². The third kappa shape index (κ3) is 4.28. The van der Waals surface area contributed by atoms with E-state index >= 15 is 0 Å². The number of carbonyl (C=O) groups excluding carboxylic acids is 1. The van der Waals surface area contributed by atoms with Crippen LogP contribution in [0.15, 0.2) is 18.2 Å². The van der Waals surface area contributed by atoms with Crippen LogP contribution in [-0.2, 0) is 4.74 Å². The molecule has 0 aliphatic rings. The maximum atomic E-state index is 12.1. The average molecular weight is 309 g/mol. The second-order valence-corrected chi connectivity index (χ2v) is 4.87. The van der Waals surface area contributed by atoms with E-state index < -0.39 is 33.7 Å². The minimum absolute atomic E-state index is 0.107. The lowest BCUT2D eigenvalue weighted by molar-refractivity contribution is -0.385. The highest BCUT2D eigenvalue weighted by molar-refractivity contribution is 6.05. The Morgan fingerprint density at radius 2 is 1.95 bits per heavy atom. The Morgan fingerprint density at radius 3 is 2.45 bits per heavy atom. The summed E-state index contributed by atoms with van der Waals surface area (Å²) < 4.78 is 5.04. The Hall–Kier alpha value is -2.44. The fourth-order valence-electron chi connectivity index (χ4n) is 2.17. The summed E-state index contributed by atoms with van der Waals surface area (Å²) in [7, 11) is 0. The molecular weight excluding hydrogens is 290 g/mol. The van der Waals surface area contributed by atoms with Crippen molar-refractivity contribution in [1.29, 1.82) is 0 Å². The quantitative estimate of drug-likeness (QED) is 0.448. The van der Waals surface area contributed by atoms with E-state index in [2.05, 4.69) is 0 Å². The number of rotatable bonds is 8. The number of hydrogen-bond acceptors (Lipinski definition) is 5. The minimum atomic E-state index is -1.41. The maximum Gasteiger partial charge on any atom is 0.346 e. The topological polar surface area (TPSA) is 107 Å². The monoisotopic (exact) mass is 309 g/mol. The summed E-state index contributed by atoms with van der Waals surface area (Å²) in [5, 5.41) is 20.1. The van der Waals surface area contributed by atoms with Gasteiger partial charge in [0.25, 0.3) is 5.69 Å². The molecule has 0 aliphatic carbocycles. The number of nitro benzene ring substituents is 1. The van der Waals surface area contributed by atoms with Crippen LogP contribution in [0.5, 0.6) is 0 Å². The first-order valence-corrected chi connectivity index (χ1v) is 7.10. The first-order valence-electron chi connectivity index (χ1n) is 7.10. The van der Waals surface area contributed by atoms with E-state index in [1.807, 2.05) is 13.8 Å². The van der Waals surface area contributed by atoms with E-state index in [1.165, 1.54) is 6.07 Å². The van der Waals surface area contributed by atoms with Crippen LogP contribution in [0.3, 0.4) is 0 Å². The van der Waals surface area contributed by atoms with E-state index in [1.54, 1.807) is 0 Å². The lowest BCUT2D eigenvalue weighted by Gasteiger charge is -2.12. The Bertz CT molecular complexity index is 533. The largest absolute Gasteiger partial charge is 0.478 e. The highest BCUT2D eigenvalue weighted by atomic mass is 16.6. The average Bonchev–Trinajstić information content (AvgIpc) is 2.50. The Labute approximate surface area is 128 Å². The molecule has 0 saturated heterocycles. The number of aromatic carboxylic acids is 1. The summed E-state index contributed by atoms with van der Waals surface area (Å²) in [4.78, 5) is 33.4. The summed E-state index contributed by atoms with van der Waals surface area (Å²) in [6, 6.07) is 3.46. The van der Waals surface area contributed by atoms with E-state index in [-0.39, 0.29) is 6.61 Å². The smallest absolute Gasteiger partial charge is 0.346 e. The van der Waals surface area contributed by atoms with Crippen molar-refractivity contribution >= 4 is 17.6 Å². The normalized spacial score (nSPS) is 10.5. The number of nitro groups is 1. The molecule has 1 rings (SSSR count). The molecule has 22 heavy (non-hydrogen) atoms. The molecule has 0 fully saturated rings. The van der Waals surface area contributed by atoms with Gasteiger partial charge in [-0.15, -0.1) is 0 Å². The lowest BCUT2D eigenvalue weighted by Crippen LogP contribution is -2.16. The zero-order valence-corrected chi connectivity index (χ0v) is 12.6. The van der Waals surface area contributed by atoms with Crippen molar-refractivity contribution in [1.82, 2.24) is 0 Å². The second-order valence-electron chi connectivity index (χ2n) is 4.87. The van der Waals surface area contributed by atoms with Gasteiger partial charge in [-0.05, 0) is 18.4 Å². The summed E-state index contributed by atoms with van der Waals surface area (Å²) in [6.07, 6.45) is 2.53. The fourth-order valence-corrected chi connectivity index (χ4v) is 2.17. The van der Waals surface area contributed by atoms with Crippen LogP contribution in [0.25, 0.3) is 0 Å². The Kier molecular flexibility index (Phi) is 6.49. The summed E-state index contributed by atoms with van der Waals surface area (Å²) in [5.74, 6) is -1.98. The predicted octanol–water partition coefficient (Wildman–Crippen LogP) is 3.28. The second kappa shape index (κ2) is 8.11. The van der Waals surface area contributed by atoms with Gasteiger partial charge in [0.2, 0.25) is 0 Å². The van der Waals surface area contributed by atoms with Crippen LogP contribution in [0.1, 0.15) is 53.8 Å². The number of benzene rings is 1. The van der Waals surface area contributed by atoms with E-state index in [0.717, 1.165) is 25.0 Å². The molecule has 7 nitrogen and oxygen atoms in total. The van der Waals surface area contributed by atoms with Gasteiger partial charge in [0.1, 0.15) is 0 Å².